The van der Waals surface area contributed by atoms with Crippen molar-refractivity contribution in [3.05, 3.63) is 29.6 Å². The summed E-state index contributed by atoms with van der Waals surface area (Å²) in [5.74, 6) is -2.36. The van der Waals surface area contributed by atoms with Crippen LogP contribution in [0.15, 0.2) is 12.3 Å². The monoisotopic (exact) mass is 268 g/mol. The highest BCUT2D eigenvalue weighted by Gasteiger charge is 2.24. The molecule has 104 valence electrons. The van der Waals surface area contributed by atoms with E-state index in [-0.39, 0.29) is 11.6 Å². The molecule has 1 N–H and O–H groups in total. The molecule has 1 amide bonds. The van der Waals surface area contributed by atoms with E-state index in [1.807, 2.05) is 0 Å². The van der Waals surface area contributed by atoms with Gasteiger partial charge in [-0.15, -0.1) is 0 Å². The molecule has 19 heavy (non-hydrogen) atoms. The highest BCUT2D eigenvalue weighted by molar-refractivity contribution is 5.94. The van der Waals surface area contributed by atoms with Gasteiger partial charge in [0.15, 0.2) is 5.82 Å². The van der Waals surface area contributed by atoms with Crippen LogP contribution in [0.1, 0.15) is 49.4 Å². The number of carbonyl (C=O) groups excluding carboxylic acids is 1. The molecule has 1 heterocycles. The first kappa shape index (κ1) is 13.9. The quantitative estimate of drug-likeness (QED) is 0.856. The van der Waals surface area contributed by atoms with E-state index in [0.717, 1.165) is 31.9 Å². The fourth-order valence-corrected chi connectivity index (χ4v) is 2.65. The van der Waals surface area contributed by atoms with Crippen LogP contribution in [0.4, 0.5) is 8.78 Å². The molecule has 2 unspecified atom stereocenters. The average Bonchev–Trinajstić information content (AvgIpc) is 2.42. The molecule has 1 aromatic heterocycles. The van der Waals surface area contributed by atoms with Gasteiger partial charge in [-0.05, 0) is 24.8 Å². The highest BCUT2D eigenvalue weighted by atomic mass is 19.2. The maximum absolute atomic E-state index is 13.5. The Hall–Kier alpha value is -1.52. The van der Waals surface area contributed by atoms with E-state index in [4.69, 9.17) is 0 Å². The number of hydrogen-bond donors (Lipinski definition) is 1. The molecule has 2 rings (SSSR count). The fourth-order valence-electron chi connectivity index (χ4n) is 2.65. The second-order valence-corrected chi connectivity index (χ2v) is 5.07. The number of rotatable bonds is 3. The molecule has 0 spiro atoms. The molecule has 0 bridgehead atoms. The molecule has 1 aliphatic carbocycles. The molecule has 0 aromatic carbocycles. The Morgan fingerprint density at radius 3 is 3.00 bits per heavy atom. The van der Waals surface area contributed by atoms with Gasteiger partial charge >= 0.3 is 0 Å². The Kier molecular flexibility index (Phi) is 4.45. The lowest BCUT2D eigenvalue weighted by Crippen LogP contribution is -2.38. The largest absolute Gasteiger partial charge is 0.349 e. The van der Waals surface area contributed by atoms with Gasteiger partial charge in [-0.2, -0.15) is 4.39 Å². The molecule has 2 atom stereocenters. The second kappa shape index (κ2) is 6.08. The van der Waals surface area contributed by atoms with Crippen molar-refractivity contribution in [1.29, 1.82) is 0 Å². The summed E-state index contributed by atoms with van der Waals surface area (Å²) in [6.07, 6.45) is 6.25. The number of nitrogens with zero attached hydrogens (tertiary/aromatic N) is 1. The van der Waals surface area contributed by atoms with Gasteiger partial charge in [0.1, 0.15) is 0 Å². The molecular weight excluding hydrogens is 250 g/mol. The van der Waals surface area contributed by atoms with Crippen molar-refractivity contribution in [2.75, 3.05) is 0 Å². The lowest BCUT2D eigenvalue weighted by atomic mass is 9.84. The summed E-state index contributed by atoms with van der Waals surface area (Å²) in [4.78, 5) is 15.1. The van der Waals surface area contributed by atoms with Gasteiger partial charge in [0.25, 0.3) is 5.91 Å². The third kappa shape index (κ3) is 3.28. The third-order valence-corrected chi connectivity index (χ3v) is 3.79. The first-order valence-electron chi connectivity index (χ1n) is 6.72. The normalized spacial score (nSPS) is 23.1. The van der Waals surface area contributed by atoms with Gasteiger partial charge in [0.2, 0.25) is 5.95 Å². The minimum Gasteiger partial charge on any atom is -0.349 e. The zero-order chi connectivity index (χ0) is 13.8. The number of hydrogen-bond acceptors (Lipinski definition) is 2. The van der Waals surface area contributed by atoms with Crippen molar-refractivity contribution < 1.29 is 13.6 Å². The topological polar surface area (TPSA) is 42.0 Å². The molecule has 0 aliphatic heterocycles. The standard InChI is InChI=1S/C14H18F2N2O/c1-2-9-4-3-5-10(8-9)18-14(19)11-6-7-17-13(16)12(11)15/h6-7,9-10H,2-5,8H2,1H3,(H,18,19). The van der Waals surface area contributed by atoms with Crippen molar-refractivity contribution in [2.24, 2.45) is 5.92 Å². The molecule has 1 aromatic rings. The van der Waals surface area contributed by atoms with Crippen LogP contribution in [0.5, 0.6) is 0 Å². The Morgan fingerprint density at radius 1 is 1.47 bits per heavy atom. The predicted molar refractivity (Wildman–Crippen MR) is 67.7 cm³/mol. The predicted octanol–water partition coefficient (Wildman–Crippen LogP) is 3.06. The van der Waals surface area contributed by atoms with Crippen molar-refractivity contribution in [3.8, 4) is 0 Å². The Labute approximate surface area is 111 Å². The molecule has 1 saturated carbocycles. The zero-order valence-electron chi connectivity index (χ0n) is 11.0. The van der Waals surface area contributed by atoms with E-state index in [2.05, 4.69) is 17.2 Å². The van der Waals surface area contributed by atoms with E-state index >= 15 is 0 Å². The van der Waals surface area contributed by atoms with Gasteiger partial charge in [-0.3, -0.25) is 4.79 Å². The Bertz CT molecular complexity index is 465. The molecule has 1 fully saturated rings. The molecule has 1 aliphatic rings. The fraction of sp³-hybridized carbons (Fsp3) is 0.571. The summed E-state index contributed by atoms with van der Waals surface area (Å²) < 4.78 is 26.4. The van der Waals surface area contributed by atoms with Crippen molar-refractivity contribution in [1.82, 2.24) is 10.3 Å². The van der Waals surface area contributed by atoms with Crippen molar-refractivity contribution in [3.63, 3.8) is 0 Å². The van der Waals surface area contributed by atoms with Crippen LogP contribution in [0.2, 0.25) is 0 Å². The smallest absolute Gasteiger partial charge is 0.254 e. The second-order valence-electron chi connectivity index (χ2n) is 5.07. The van der Waals surface area contributed by atoms with Gasteiger partial charge in [-0.1, -0.05) is 26.2 Å². The van der Waals surface area contributed by atoms with Gasteiger partial charge < -0.3 is 5.32 Å². The summed E-state index contributed by atoms with van der Waals surface area (Å²) in [6.45, 7) is 2.13. The van der Waals surface area contributed by atoms with Crippen molar-refractivity contribution in [2.45, 2.75) is 45.1 Å². The summed E-state index contributed by atoms with van der Waals surface area (Å²) in [5, 5.41) is 2.79. The zero-order valence-corrected chi connectivity index (χ0v) is 11.0. The lowest BCUT2D eigenvalue weighted by Gasteiger charge is -2.29. The molecule has 5 heteroatoms. The number of pyridine rings is 1. The number of carbonyl (C=O) groups is 1. The van der Waals surface area contributed by atoms with Crippen molar-refractivity contribution >= 4 is 5.91 Å². The van der Waals surface area contributed by atoms with E-state index in [1.54, 1.807) is 0 Å². The van der Waals surface area contributed by atoms with Gasteiger partial charge in [-0.25, -0.2) is 9.37 Å². The minimum atomic E-state index is -1.23. The van der Waals surface area contributed by atoms with Crippen LogP contribution in [-0.2, 0) is 0 Å². The summed E-state index contributed by atoms with van der Waals surface area (Å²) in [7, 11) is 0. The number of nitrogens with one attached hydrogen (secondary N) is 1. The summed E-state index contributed by atoms with van der Waals surface area (Å²) in [5.41, 5.74) is -0.272. The third-order valence-electron chi connectivity index (χ3n) is 3.79. The van der Waals surface area contributed by atoms with Crippen LogP contribution >= 0.6 is 0 Å². The SMILES string of the molecule is CCC1CCCC(NC(=O)c2ccnc(F)c2F)C1. The van der Waals surface area contributed by atoms with Gasteiger partial charge in [0, 0.05) is 12.2 Å². The maximum Gasteiger partial charge on any atom is 0.254 e. The number of amides is 1. The van der Waals surface area contributed by atoms with Crippen LogP contribution in [-0.4, -0.2) is 16.9 Å². The average molecular weight is 268 g/mol. The lowest BCUT2D eigenvalue weighted by molar-refractivity contribution is 0.0913. The van der Waals surface area contributed by atoms with E-state index in [1.165, 1.54) is 12.5 Å². The molecular formula is C14H18F2N2O. The molecule has 0 saturated heterocycles. The summed E-state index contributed by atoms with van der Waals surface area (Å²) in [6, 6.07) is 1.26. The van der Waals surface area contributed by atoms with E-state index < -0.39 is 17.7 Å². The van der Waals surface area contributed by atoms with Crippen LogP contribution in [0.3, 0.4) is 0 Å². The summed E-state index contributed by atoms with van der Waals surface area (Å²) >= 11 is 0. The van der Waals surface area contributed by atoms with Crippen LogP contribution < -0.4 is 5.32 Å². The Morgan fingerprint density at radius 2 is 2.26 bits per heavy atom. The van der Waals surface area contributed by atoms with Crippen LogP contribution in [0.25, 0.3) is 0 Å². The highest BCUT2D eigenvalue weighted by Crippen LogP contribution is 2.26. The van der Waals surface area contributed by atoms with E-state index in [0.29, 0.717) is 5.92 Å². The molecule has 3 nitrogen and oxygen atoms in total. The first-order valence-corrected chi connectivity index (χ1v) is 6.72. The molecule has 0 radical (unpaired) electrons. The number of halogens is 2. The maximum atomic E-state index is 13.5. The number of aromatic nitrogens is 1. The first-order chi connectivity index (χ1) is 9.11. The van der Waals surface area contributed by atoms with E-state index in [9.17, 15) is 13.6 Å². The Balaban J connectivity index is 2.02. The van der Waals surface area contributed by atoms with Crippen LogP contribution in [0, 0.1) is 17.7 Å². The van der Waals surface area contributed by atoms with Gasteiger partial charge in [0.05, 0.1) is 5.56 Å². The minimum absolute atomic E-state index is 0.0572.